The van der Waals surface area contributed by atoms with Crippen LogP contribution >= 0.6 is 0 Å². The maximum absolute atomic E-state index is 11.1. The highest BCUT2D eigenvalue weighted by molar-refractivity contribution is 5.91. The predicted molar refractivity (Wildman–Crippen MR) is 146 cm³/mol. The van der Waals surface area contributed by atoms with E-state index in [1.165, 1.54) is 19.1 Å². The molecule has 1 saturated carbocycles. The quantitative estimate of drug-likeness (QED) is 0.289. The molecule has 0 bridgehead atoms. The molecule has 0 aliphatic heterocycles. The average molecular weight is 536 g/mol. The van der Waals surface area contributed by atoms with Crippen LogP contribution in [0.2, 0.25) is 0 Å². The van der Waals surface area contributed by atoms with Crippen LogP contribution < -0.4 is 5.32 Å². The minimum atomic E-state index is -1.68. The summed E-state index contributed by atoms with van der Waals surface area (Å²) >= 11 is 0. The fraction of sp³-hybridized carbons (Fsp3) is 0.267. The van der Waals surface area contributed by atoms with Crippen LogP contribution in [0, 0.1) is 5.92 Å². The zero-order chi connectivity index (χ0) is 29.2. The standard InChI is InChI=1S/C11H12O3.C10H12O2.C9H9NO3/c12-10(13)11(14,9-6-7-9)8-4-2-1-3-5-8;1-10(2,9(11)12)8-6-4-3-5-7-8;1-6(11)10-8-4-2-7(3-5-8)9(12)13/h1-5,9,14H,6-7H2,(H,12,13);3-7H,1-2H3,(H,11,12);2-5H,1H3,(H,10,11)(H,12,13). The topological polar surface area (TPSA) is 161 Å². The first-order chi connectivity index (χ1) is 18.3. The summed E-state index contributed by atoms with van der Waals surface area (Å²) in [7, 11) is 0. The summed E-state index contributed by atoms with van der Waals surface area (Å²) in [6.07, 6.45) is 1.58. The number of hydrogen-bond acceptors (Lipinski definition) is 5. The molecule has 39 heavy (non-hydrogen) atoms. The van der Waals surface area contributed by atoms with Crippen molar-refractivity contribution in [1.82, 2.24) is 0 Å². The molecule has 1 fully saturated rings. The van der Waals surface area contributed by atoms with Crippen molar-refractivity contribution in [3.8, 4) is 0 Å². The summed E-state index contributed by atoms with van der Waals surface area (Å²) < 4.78 is 0. The SMILES string of the molecule is CC(=O)Nc1ccc(C(=O)O)cc1.CC(C)(C(=O)O)c1ccccc1.O=C(O)C(O)(c1ccccc1)C1CC1. The number of aliphatic carboxylic acids is 2. The number of hydrogen-bond donors (Lipinski definition) is 5. The maximum atomic E-state index is 11.1. The van der Waals surface area contributed by atoms with Gasteiger partial charge in [0.2, 0.25) is 5.91 Å². The highest BCUT2D eigenvalue weighted by Gasteiger charge is 2.51. The van der Waals surface area contributed by atoms with Crippen LogP contribution in [0.4, 0.5) is 5.69 Å². The highest BCUT2D eigenvalue weighted by atomic mass is 16.4. The molecule has 5 N–H and O–H groups in total. The smallest absolute Gasteiger partial charge is 0.340 e. The Morgan fingerprint density at radius 2 is 1.18 bits per heavy atom. The van der Waals surface area contributed by atoms with Crippen molar-refractivity contribution in [2.75, 3.05) is 5.32 Å². The van der Waals surface area contributed by atoms with Gasteiger partial charge in [-0.3, -0.25) is 9.59 Å². The summed E-state index contributed by atoms with van der Waals surface area (Å²) in [4.78, 5) is 42.9. The number of carboxylic acids is 3. The second-order valence-electron chi connectivity index (χ2n) is 9.57. The van der Waals surface area contributed by atoms with E-state index in [9.17, 15) is 24.3 Å². The molecule has 1 aliphatic rings. The number of amides is 1. The van der Waals surface area contributed by atoms with E-state index in [1.807, 2.05) is 30.3 Å². The molecule has 1 amide bonds. The highest BCUT2D eigenvalue weighted by Crippen LogP contribution is 2.45. The number of benzene rings is 3. The van der Waals surface area contributed by atoms with Crippen molar-refractivity contribution in [3.63, 3.8) is 0 Å². The Morgan fingerprint density at radius 3 is 1.54 bits per heavy atom. The van der Waals surface area contributed by atoms with Crippen molar-refractivity contribution in [3.05, 3.63) is 102 Å². The van der Waals surface area contributed by atoms with E-state index in [-0.39, 0.29) is 17.4 Å². The Labute approximate surface area is 226 Å². The van der Waals surface area contributed by atoms with Crippen LogP contribution in [0.3, 0.4) is 0 Å². The Balaban J connectivity index is 0.000000206. The fourth-order valence-corrected chi connectivity index (χ4v) is 3.60. The second kappa shape index (κ2) is 13.3. The monoisotopic (exact) mass is 535 g/mol. The zero-order valence-electron chi connectivity index (χ0n) is 22.0. The molecule has 1 aliphatic carbocycles. The number of carboxylic acid groups (broad SMARTS) is 3. The Morgan fingerprint density at radius 1 is 0.718 bits per heavy atom. The van der Waals surface area contributed by atoms with Crippen LogP contribution in [0.25, 0.3) is 0 Å². The van der Waals surface area contributed by atoms with Crippen molar-refractivity contribution in [2.24, 2.45) is 5.92 Å². The lowest BCUT2D eigenvalue weighted by atomic mass is 9.85. The summed E-state index contributed by atoms with van der Waals surface area (Å²) in [5.74, 6) is -3.22. The normalized spacial score (nSPS) is 13.7. The molecule has 0 saturated heterocycles. The minimum Gasteiger partial charge on any atom is -0.481 e. The van der Waals surface area contributed by atoms with Gasteiger partial charge in [0.25, 0.3) is 0 Å². The number of carbonyl (C=O) groups is 4. The van der Waals surface area contributed by atoms with Gasteiger partial charge < -0.3 is 25.7 Å². The maximum Gasteiger partial charge on any atom is 0.340 e. The summed E-state index contributed by atoms with van der Waals surface area (Å²) in [6.45, 7) is 4.79. The van der Waals surface area contributed by atoms with Crippen LogP contribution in [0.1, 0.15) is 55.1 Å². The minimum absolute atomic E-state index is 0.123. The van der Waals surface area contributed by atoms with Crippen molar-refractivity contribution >= 4 is 29.5 Å². The van der Waals surface area contributed by atoms with Crippen molar-refractivity contribution < 1.29 is 39.6 Å². The summed E-state index contributed by atoms with van der Waals surface area (Å²) in [5.41, 5.74) is -0.359. The number of rotatable bonds is 7. The summed E-state index contributed by atoms with van der Waals surface area (Å²) in [5, 5.41) is 39.2. The van der Waals surface area contributed by atoms with E-state index < -0.39 is 28.9 Å². The molecule has 0 radical (unpaired) electrons. The molecular weight excluding hydrogens is 502 g/mol. The summed E-state index contributed by atoms with van der Waals surface area (Å²) in [6, 6.07) is 23.8. The first kappa shape index (κ1) is 30.7. The molecule has 9 nitrogen and oxygen atoms in total. The van der Waals surface area contributed by atoms with Gasteiger partial charge in [-0.25, -0.2) is 9.59 Å². The Bertz CT molecular complexity index is 1270. The van der Waals surface area contributed by atoms with Gasteiger partial charge in [-0.05, 0) is 62.1 Å². The molecule has 1 unspecified atom stereocenters. The molecular formula is C30H33NO8. The average Bonchev–Trinajstić information content (AvgIpc) is 3.76. The largest absolute Gasteiger partial charge is 0.481 e. The zero-order valence-corrected chi connectivity index (χ0v) is 22.0. The third-order valence-corrected chi connectivity index (χ3v) is 6.19. The van der Waals surface area contributed by atoms with Crippen LogP contribution in [0.15, 0.2) is 84.9 Å². The van der Waals surface area contributed by atoms with Crippen LogP contribution in [-0.2, 0) is 25.4 Å². The number of aromatic carboxylic acids is 1. The van der Waals surface area contributed by atoms with Gasteiger partial charge in [-0.1, -0.05) is 60.7 Å². The fourth-order valence-electron chi connectivity index (χ4n) is 3.60. The Hall–Kier alpha value is -4.50. The van der Waals surface area contributed by atoms with E-state index in [2.05, 4.69) is 5.32 Å². The first-order valence-corrected chi connectivity index (χ1v) is 12.2. The van der Waals surface area contributed by atoms with Gasteiger partial charge >= 0.3 is 17.9 Å². The predicted octanol–water partition coefficient (Wildman–Crippen LogP) is 4.76. The lowest BCUT2D eigenvalue weighted by Crippen LogP contribution is -2.37. The molecule has 4 rings (SSSR count). The van der Waals surface area contributed by atoms with Gasteiger partial charge in [-0.2, -0.15) is 0 Å². The van der Waals surface area contributed by atoms with Crippen LogP contribution in [0.5, 0.6) is 0 Å². The molecule has 3 aromatic rings. The first-order valence-electron chi connectivity index (χ1n) is 12.2. The molecule has 1 atom stereocenters. The molecule has 0 heterocycles. The number of anilines is 1. The number of aliphatic hydroxyl groups is 1. The van der Waals surface area contributed by atoms with Gasteiger partial charge in [-0.15, -0.1) is 0 Å². The second-order valence-corrected chi connectivity index (χ2v) is 9.57. The van der Waals surface area contributed by atoms with E-state index in [4.69, 9.17) is 15.3 Å². The third kappa shape index (κ3) is 8.51. The van der Waals surface area contributed by atoms with E-state index >= 15 is 0 Å². The lowest BCUT2D eigenvalue weighted by molar-refractivity contribution is -0.162. The number of nitrogens with one attached hydrogen (secondary N) is 1. The van der Waals surface area contributed by atoms with Crippen molar-refractivity contribution in [1.29, 1.82) is 0 Å². The molecule has 3 aromatic carbocycles. The molecule has 0 spiro atoms. The number of carbonyl (C=O) groups excluding carboxylic acids is 1. The molecule has 9 heteroatoms. The van der Waals surface area contributed by atoms with Gasteiger partial charge in [0.1, 0.15) is 0 Å². The molecule has 206 valence electrons. The van der Waals surface area contributed by atoms with Crippen molar-refractivity contribution in [2.45, 2.75) is 44.6 Å². The van der Waals surface area contributed by atoms with Gasteiger partial charge in [0.15, 0.2) is 5.60 Å². The van der Waals surface area contributed by atoms with E-state index in [1.54, 1.807) is 56.3 Å². The molecule has 0 aromatic heterocycles. The van der Waals surface area contributed by atoms with Gasteiger partial charge in [0, 0.05) is 18.5 Å². The van der Waals surface area contributed by atoms with E-state index in [0.29, 0.717) is 11.3 Å². The lowest BCUT2D eigenvalue weighted by Gasteiger charge is -2.23. The Kier molecular flexibility index (Phi) is 10.5. The van der Waals surface area contributed by atoms with E-state index in [0.717, 1.165) is 18.4 Å². The van der Waals surface area contributed by atoms with Gasteiger partial charge in [0.05, 0.1) is 11.0 Å². The van der Waals surface area contributed by atoms with Crippen LogP contribution in [-0.4, -0.2) is 44.2 Å². The third-order valence-electron chi connectivity index (χ3n) is 6.19.